The highest BCUT2D eigenvalue weighted by Crippen LogP contribution is 2.36. The Balaban J connectivity index is 2.04. The molecule has 0 aliphatic rings. The lowest BCUT2D eigenvalue weighted by Gasteiger charge is -2.14. The van der Waals surface area contributed by atoms with E-state index < -0.39 is 0 Å². The molecule has 0 spiro atoms. The van der Waals surface area contributed by atoms with Crippen molar-refractivity contribution in [1.29, 1.82) is 0 Å². The minimum absolute atomic E-state index is 1.01. The molecule has 26 heavy (non-hydrogen) atoms. The van der Waals surface area contributed by atoms with Crippen LogP contribution < -0.4 is 0 Å². The number of fused-ring (bicyclic) bond motifs is 1. The zero-order chi connectivity index (χ0) is 18.3. The van der Waals surface area contributed by atoms with E-state index in [0.29, 0.717) is 0 Å². The predicted octanol–water partition coefficient (Wildman–Crippen LogP) is 6.20. The van der Waals surface area contributed by atoms with Crippen LogP contribution in [0, 0.1) is 27.7 Å². The molecule has 0 N–H and O–H groups in total. The van der Waals surface area contributed by atoms with Gasteiger partial charge in [0.05, 0.1) is 11.4 Å². The minimum atomic E-state index is 1.01. The minimum Gasteiger partial charge on any atom is -0.256 e. The largest absolute Gasteiger partial charge is 0.256 e. The number of hydrogen-bond acceptors (Lipinski definition) is 2. The lowest BCUT2D eigenvalue weighted by atomic mass is 9.92. The molecule has 0 aliphatic carbocycles. The van der Waals surface area contributed by atoms with E-state index in [0.717, 1.165) is 11.4 Å². The fourth-order valence-electron chi connectivity index (χ4n) is 3.43. The van der Waals surface area contributed by atoms with E-state index in [1.165, 1.54) is 44.2 Å². The molecule has 0 saturated carbocycles. The Hall–Kier alpha value is -3.00. The van der Waals surface area contributed by atoms with Crippen molar-refractivity contribution in [3.8, 4) is 22.5 Å². The van der Waals surface area contributed by atoms with Gasteiger partial charge in [0.1, 0.15) is 0 Å². The fraction of sp³-hybridized carbons (Fsp3) is 0.167. The van der Waals surface area contributed by atoms with Crippen molar-refractivity contribution in [2.75, 3.05) is 0 Å². The summed E-state index contributed by atoms with van der Waals surface area (Å²) in [5.41, 5.74) is 9.18. The molecule has 2 aromatic carbocycles. The first kappa shape index (κ1) is 16.5. The Morgan fingerprint density at radius 2 is 0.923 bits per heavy atom. The van der Waals surface area contributed by atoms with Gasteiger partial charge in [0.2, 0.25) is 0 Å². The van der Waals surface area contributed by atoms with Crippen LogP contribution >= 0.6 is 0 Å². The summed E-state index contributed by atoms with van der Waals surface area (Å²) in [6, 6.07) is 17.4. The first-order valence-corrected chi connectivity index (χ1v) is 8.92. The van der Waals surface area contributed by atoms with Crippen LogP contribution in [0.25, 0.3) is 33.3 Å². The molecule has 2 aromatic heterocycles. The molecule has 0 aliphatic heterocycles. The summed E-state index contributed by atoms with van der Waals surface area (Å²) in [5, 5.41) is 2.45. The topological polar surface area (TPSA) is 25.8 Å². The van der Waals surface area contributed by atoms with Crippen molar-refractivity contribution in [2.45, 2.75) is 27.7 Å². The van der Waals surface area contributed by atoms with Crippen molar-refractivity contribution in [3.63, 3.8) is 0 Å². The molecule has 128 valence electrons. The lowest BCUT2D eigenvalue weighted by molar-refractivity contribution is 1.27. The second-order valence-electron chi connectivity index (χ2n) is 7.16. The monoisotopic (exact) mass is 338 g/mol. The van der Waals surface area contributed by atoms with E-state index in [9.17, 15) is 0 Å². The molecular formula is C24H22N2. The van der Waals surface area contributed by atoms with Gasteiger partial charge in [0, 0.05) is 23.5 Å². The summed E-state index contributed by atoms with van der Waals surface area (Å²) < 4.78 is 0. The third-order valence-electron chi connectivity index (χ3n) is 4.73. The van der Waals surface area contributed by atoms with Crippen molar-refractivity contribution in [2.24, 2.45) is 0 Å². The van der Waals surface area contributed by atoms with Gasteiger partial charge < -0.3 is 0 Å². The molecule has 0 radical (unpaired) electrons. The van der Waals surface area contributed by atoms with Crippen molar-refractivity contribution < 1.29 is 0 Å². The zero-order valence-corrected chi connectivity index (χ0v) is 15.7. The summed E-state index contributed by atoms with van der Waals surface area (Å²) in [6.45, 7) is 8.42. The quantitative estimate of drug-likeness (QED) is 0.435. The van der Waals surface area contributed by atoms with Gasteiger partial charge in [0.25, 0.3) is 0 Å². The van der Waals surface area contributed by atoms with Crippen LogP contribution in [0.4, 0.5) is 0 Å². The van der Waals surface area contributed by atoms with Crippen LogP contribution in [0.5, 0.6) is 0 Å². The molecule has 0 unspecified atom stereocenters. The molecule has 0 atom stereocenters. The summed E-state index contributed by atoms with van der Waals surface area (Å²) in [6.07, 6.45) is 3.86. The summed E-state index contributed by atoms with van der Waals surface area (Å²) >= 11 is 0. The van der Waals surface area contributed by atoms with Gasteiger partial charge in [-0.15, -0.1) is 0 Å². The van der Waals surface area contributed by atoms with Gasteiger partial charge in [-0.3, -0.25) is 9.97 Å². The maximum atomic E-state index is 4.67. The molecular weight excluding hydrogens is 316 g/mol. The van der Waals surface area contributed by atoms with Crippen molar-refractivity contribution in [3.05, 3.63) is 83.2 Å². The smallest absolute Gasteiger partial charge is 0.0708 e. The Kier molecular flexibility index (Phi) is 4.04. The number of aryl methyl sites for hydroxylation is 4. The molecule has 0 saturated heterocycles. The average molecular weight is 338 g/mol. The standard InChI is InChI=1S/C24H22N2/c1-15-5-7-23(25-13-15)21-11-17(3)10-20-19(21)9-18(4)12-22(20)24-8-6-16(2)14-26-24/h5-14H,1-4H3. The van der Waals surface area contributed by atoms with Gasteiger partial charge in [-0.05, 0) is 85.0 Å². The molecule has 4 aromatic rings. The summed E-state index contributed by atoms with van der Waals surface area (Å²) in [4.78, 5) is 9.34. The molecule has 0 fully saturated rings. The highest BCUT2D eigenvalue weighted by atomic mass is 14.7. The number of aromatic nitrogens is 2. The Labute approximate surface area is 154 Å². The highest BCUT2D eigenvalue weighted by molar-refractivity contribution is 6.04. The van der Waals surface area contributed by atoms with Crippen LogP contribution in [-0.2, 0) is 0 Å². The second-order valence-corrected chi connectivity index (χ2v) is 7.16. The maximum absolute atomic E-state index is 4.67. The van der Waals surface area contributed by atoms with E-state index in [1.54, 1.807) is 0 Å². The van der Waals surface area contributed by atoms with Crippen LogP contribution in [0.15, 0.2) is 60.9 Å². The normalized spacial score (nSPS) is 11.1. The Bertz CT molecular complexity index is 1000. The van der Waals surface area contributed by atoms with Gasteiger partial charge >= 0.3 is 0 Å². The SMILES string of the molecule is Cc1ccc(-c2cc(C)cc3c(-c4ccc(C)cn4)cc(C)cc23)nc1. The van der Waals surface area contributed by atoms with Crippen LogP contribution in [-0.4, -0.2) is 9.97 Å². The number of rotatable bonds is 2. The van der Waals surface area contributed by atoms with Gasteiger partial charge in [-0.25, -0.2) is 0 Å². The highest BCUT2D eigenvalue weighted by Gasteiger charge is 2.12. The Morgan fingerprint density at radius 1 is 0.500 bits per heavy atom. The second kappa shape index (κ2) is 6.38. The molecule has 0 amide bonds. The first-order chi connectivity index (χ1) is 12.5. The molecule has 2 nitrogen and oxygen atoms in total. The third kappa shape index (κ3) is 2.99. The van der Waals surface area contributed by atoms with E-state index in [2.05, 4.69) is 86.2 Å². The van der Waals surface area contributed by atoms with Gasteiger partial charge in [-0.1, -0.05) is 24.3 Å². The first-order valence-electron chi connectivity index (χ1n) is 8.92. The number of hydrogen-bond donors (Lipinski definition) is 0. The fourth-order valence-corrected chi connectivity index (χ4v) is 3.43. The van der Waals surface area contributed by atoms with E-state index in [1.807, 2.05) is 12.4 Å². The van der Waals surface area contributed by atoms with Gasteiger partial charge in [0.15, 0.2) is 0 Å². The van der Waals surface area contributed by atoms with E-state index >= 15 is 0 Å². The van der Waals surface area contributed by atoms with E-state index in [-0.39, 0.29) is 0 Å². The lowest BCUT2D eigenvalue weighted by Crippen LogP contribution is -1.92. The Morgan fingerprint density at radius 3 is 1.27 bits per heavy atom. The van der Waals surface area contributed by atoms with E-state index in [4.69, 9.17) is 0 Å². The number of nitrogens with zero attached hydrogens (tertiary/aromatic N) is 2. The van der Waals surface area contributed by atoms with Gasteiger partial charge in [-0.2, -0.15) is 0 Å². The van der Waals surface area contributed by atoms with Crippen molar-refractivity contribution >= 4 is 10.8 Å². The van der Waals surface area contributed by atoms with Crippen LogP contribution in [0.1, 0.15) is 22.3 Å². The summed E-state index contributed by atoms with van der Waals surface area (Å²) in [7, 11) is 0. The third-order valence-corrected chi connectivity index (χ3v) is 4.73. The number of pyridine rings is 2. The molecule has 4 rings (SSSR count). The predicted molar refractivity (Wildman–Crippen MR) is 109 cm³/mol. The molecule has 2 heteroatoms. The molecule has 0 bridgehead atoms. The summed E-state index contributed by atoms with van der Waals surface area (Å²) in [5.74, 6) is 0. The zero-order valence-electron chi connectivity index (χ0n) is 15.7. The van der Waals surface area contributed by atoms with Crippen LogP contribution in [0.3, 0.4) is 0 Å². The maximum Gasteiger partial charge on any atom is 0.0708 e. The molecule has 2 heterocycles. The van der Waals surface area contributed by atoms with Crippen molar-refractivity contribution in [1.82, 2.24) is 9.97 Å². The van der Waals surface area contributed by atoms with Crippen LogP contribution in [0.2, 0.25) is 0 Å². The average Bonchev–Trinajstić information content (AvgIpc) is 2.62. The number of benzene rings is 2.